The number of aromatic nitrogens is 2. The smallest absolute Gasteiger partial charge is 0.244 e. The fraction of sp³-hybridized carbons (Fsp3) is 0.278. The van der Waals surface area contributed by atoms with Crippen molar-refractivity contribution in [3.8, 4) is 5.75 Å². The summed E-state index contributed by atoms with van der Waals surface area (Å²) < 4.78 is 9.84. The minimum atomic E-state index is -0.591. The fourth-order valence-corrected chi connectivity index (χ4v) is 2.77. The SMILES string of the molecule is CCn1c[n+](C[C@@H](O)COc2ccc(Cl)cc2)c2ccccc21. The number of para-hydroxylation sites is 2. The summed E-state index contributed by atoms with van der Waals surface area (Å²) in [6.07, 6.45) is 1.45. The number of imidazole rings is 1. The molecule has 1 heterocycles. The second-order valence-electron chi connectivity index (χ2n) is 5.46. The normalized spacial score (nSPS) is 12.5. The van der Waals surface area contributed by atoms with Crippen molar-refractivity contribution in [1.29, 1.82) is 0 Å². The van der Waals surface area contributed by atoms with Crippen LogP contribution in [0.25, 0.3) is 11.0 Å². The predicted molar refractivity (Wildman–Crippen MR) is 90.8 cm³/mol. The molecule has 0 unspecified atom stereocenters. The molecule has 1 atom stereocenters. The quantitative estimate of drug-likeness (QED) is 0.705. The molecule has 0 spiro atoms. The molecule has 0 aliphatic heterocycles. The lowest BCUT2D eigenvalue weighted by atomic mass is 10.3. The van der Waals surface area contributed by atoms with E-state index in [1.54, 1.807) is 24.3 Å². The molecule has 0 aliphatic rings. The third-order valence-electron chi connectivity index (χ3n) is 3.78. The lowest BCUT2D eigenvalue weighted by molar-refractivity contribution is -0.679. The molecule has 0 aliphatic carbocycles. The zero-order valence-corrected chi connectivity index (χ0v) is 13.8. The van der Waals surface area contributed by atoms with Gasteiger partial charge in [0.15, 0.2) is 11.0 Å². The molecule has 0 bridgehead atoms. The van der Waals surface area contributed by atoms with E-state index < -0.39 is 6.10 Å². The van der Waals surface area contributed by atoms with Gasteiger partial charge in [0.1, 0.15) is 25.0 Å². The molecule has 0 fully saturated rings. The Balaban J connectivity index is 1.68. The van der Waals surface area contributed by atoms with E-state index in [9.17, 15) is 5.11 Å². The Hall–Kier alpha value is -2.04. The maximum Gasteiger partial charge on any atom is 0.244 e. The molecule has 0 radical (unpaired) electrons. The standard InChI is InChI=1S/C18H20ClN2O2/c1-2-20-13-21(18-6-4-3-5-17(18)20)11-15(22)12-23-16-9-7-14(19)8-10-16/h3-10,13,15,22H,2,11-12H2,1H3/q+1/t15-/m1/s1. The first-order chi connectivity index (χ1) is 11.2. The van der Waals surface area contributed by atoms with Crippen molar-refractivity contribution in [2.45, 2.75) is 26.1 Å². The van der Waals surface area contributed by atoms with E-state index in [4.69, 9.17) is 16.3 Å². The summed E-state index contributed by atoms with van der Waals surface area (Å²) in [5.41, 5.74) is 2.28. The molecule has 3 rings (SSSR count). The Kier molecular flexibility index (Phi) is 4.84. The summed E-state index contributed by atoms with van der Waals surface area (Å²) in [5, 5.41) is 10.9. The van der Waals surface area contributed by atoms with E-state index in [0.29, 0.717) is 17.3 Å². The summed E-state index contributed by atoms with van der Waals surface area (Å²) >= 11 is 5.84. The Morgan fingerprint density at radius 3 is 2.65 bits per heavy atom. The minimum Gasteiger partial charge on any atom is -0.491 e. The summed E-state index contributed by atoms with van der Waals surface area (Å²) in [5.74, 6) is 0.703. The number of benzene rings is 2. The van der Waals surface area contributed by atoms with Gasteiger partial charge < -0.3 is 9.84 Å². The van der Waals surface area contributed by atoms with Crippen molar-refractivity contribution in [3.05, 3.63) is 59.9 Å². The average molecular weight is 332 g/mol. The van der Waals surface area contributed by atoms with E-state index in [2.05, 4.69) is 28.2 Å². The molecule has 4 nitrogen and oxygen atoms in total. The maximum absolute atomic E-state index is 10.3. The van der Waals surface area contributed by atoms with E-state index in [0.717, 1.165) is 12.1 Å². The number of halogens is 1. The molecule has 0 saturated carbocycles. The Morgan fingerprint density at radius 1 is 1.17 bits per heavy atom. The highest BCUT2D eigenvalue weighted by molar-refractivity contribution is 6.30. The zero-order valence-electron chi connectivity index (χ0n) is 13.0. The maximum atomic E-state index is 10.3. The van der Waals surface area contributed by atoms with Gasteiger partial charge in [0.2, 0.25) is 6.33 Å². The molecule has 120 valence electrons. The van der Waals surface area contributed by atoms with Crippen LogP contribution in [-0.2, 0) is 13.1 Å². The van der Waals surface area contributed by atoms with Crippen LogP contribution < -0.4 is 9.30 Å². The Morgan fingerprint density at radius 2 is 1.91 bits per heavy atom. The average Bonchev–Trinajstić information content (AvgIpc) is 2.92. The number of ether oxygens (including phenoxy) is 1. The Bertz CT molecular complexity index is 783. The third-order valence-corrected chi connectivity index (χ3v) is 4.04. The van der Waals surface area contributed by atoms with Crippen LogP contribution >= 0.6 is 11.6 Å². The highest BCUT2D eigenvalue weighted by atomic mass is 35.5. The number of rotatable bonds is 6. The van der Waals surface area contributed by atoms with Crippen molar-refractivity contribution in [3.63, 3.8) is 0 Å². The Labute approximate surface area is 140 Å². The van der Waals surface area contributed by atoms with Crippen LogP contribution in [0.1, 0.15) is 6.92 Å². The molecular weight excluding hydrogens is 312 g/mol. The number of aryl methyl sites for hydroxylation is 1. The van der Waals surface area contributed by atoms with Gasteiger partial charge in [0, 0.05) is 5.02 Å². The van der Waals surface area contributed by atoms with E-state index in [-0.39, 0.29) is 6.61 Å². The van der Waals surface area contributed by atoms with Crippen LogP contribution in [0.2, 0.25) is 5.02 Å². The van der Waals surface area contributed by atoms with Gasteiger partial charge in [-0.05, 0) is 43.3 Å². The molecule has 1 aromatic heterocycles. The number of aliphatic hydroxyl groups is 1. The molecule has 23 heavy (non-hydrogen) atoms. The minimum absolute atomic E-state index is 0.236. The fourth-order valence-electron chi connectivity index (χ4n) is 2.64. The predicted octanol–water partition coefficient (Wildman–Crippen LogP) is 3.04. The van der Waals surface area contributed by atoms with Crippen LogP contribution in [0.5, 0.6) is 5.75 Å². The third kappa shape index (κ3) is 3.66. The van der Waals surface area contributed by atoms with Crippen molar-refractivity contribution in [1.82, 2.24) is 4.57 Å². The summed E-state index contributed by atoms with van der Waals surface area (Å²) in [7, 11) is 0. The van der Waals surface area contributed by atoms with Crippen LogP contribution in [0.4, 0.5) is 0 Å². The topological polar surface area (TPSA) is 38.3 Å². The van der Waals surface area contributed by atoms with Gasteiger partial charge in [0.05, 0.1) is 6.54 Å². The molecular formula is C18H20ClN2O2+. The zero-order chi connectivity index (χ0) is 16.2. The lowest BCUT2D eigenvalue weighted by Gasteiger charge is -2.11. The second kappa shape index (κ2) is 7.02. The van der Waals surface area contributed by atoms with Crippen molar-refractivity contribution in [2.24, 2.45) is 0 Å². The number of hydrogen-bond donors (Lipinski definition) is 1. The molecule has 3 aromatic rings. The first-order valence-electron chi connectivity index (χ1n) is 7.71. The number of hydrogen-bond acceptors (Lipinski definition) is 2. The molecule has 2 aromatic carbocycles. The molecule has 0 amide bonds. The number of nitrogens with zero attached hydrogens (tertiary/aromatic N) is 2. The van der Waals surface area contributed by atoms with Gasteiger partial charge in [-0.25, -0.2) is 9.13 Å². The second-order valence-corrected chi connectivity index (χ2v) is 5.90. The molecule has 1 N–H and O–H groups in total. The van der Waals surface area contributed by atoms with Crippen molar-refractivity contribution >= 4 is 22.6 Å². The van der Waals surface area contributed by atoms with Gasteiger partial charge in [-0.3, -0.25) is 0 Å². The van der Waals surface area contributed by atoms with Crippen LogP contribution in [0.15, 0.2) is 54.9 Å². The summed E-state index contributed by atoms with van der Waals surface area (Å²) in [6, 6.07) is 15.3. The first-order valence-corrected chi connectivity index (χ1v) is 8.09. The van der Waals surface area contributed by atoms with Crippen LogP contribution in [-0.4, -0.2) is 22.4 Å². The first kappa shape index (κ1) is 15.8. The van der Waals surface area contributed by atoms with E-state index in [1.807, 2.05) is 18.5 Å². The van der Waals surface area contributed by atoms with Gasteiger partial charge in [-0.15, -0.1) is 0 Å². The van der Waals surface area contributed by atoms with Crippen molar-refractivity contribution < 1.29 is 14.4 Å². The number of fused-ring (bicyclic) bond motifs is 1. The van der Waals surface area contributed by atoms with Gasteiger partial charge in [-0.2, -0.15) is 0 Å². The van der Waals surface area contributed by atoms with Crippen LogP contribution in [0.3, 0.4) is 0 Å². The van der Waals surface area contributed by atoms with E-state index in [1.165, 1.54) is 5.52 Å². The highest BCUT2D eigenvalue weighted by Gasteiger charge is 2.17. The highest BCUT2D eigenvalue weighted by Crippen LogP contribution is 2.16. The molecule has 5 heteroatoms. The monoisotopic (exact) mass is 331 g/mol. The summed E-state index contributed by atoms with van der Waals surface area (Å²) in [6.45, 7) is 3.73. The van der Waals surface area contributed by atoms with Gasteiger partial charge in [0.25, 0.3) is 0 Å². The van der Waals surface area contributed by atoms with Gasteiger partial charge >= 0.3 is 0 Å². The van der Waals surface area contributed by atoms with Crippen molar-refractivity contribution in [2.75, 3.05) is 6.61 Å². The largest absolute Gasteiger partial charge is 0.491 e. The van der Waals surface area contributed by atoms with Gasteiger partial charge in [-0.1, -0.05) is 23.7 Å². The summed E-state index contributed by atoms with van der Waals surface area (Å²) in [4.78, 5) is 0. The molecule has 0 saturated heterocycles. The number of aliphatic hydroxyl groups excluding tert-OH is 1. The van der Waals surface area contributed by atoms with Crippen LogP contribution in [0, 0.1) is 0 Å². The lowest BCUT2D eigenvalue weighted by Crippen LogP contribution is -2.41. The van der Waals surface area contributed by atoms with E-state index >= 15 is 0 Å².